The molecule has 1 aliphatic rings. The maximum absolute atomic E-state index is 9.52. The molecule has 1 aromatic rings. The second kappa shape index (κ2) is 6.38. The third-order valence-electron chi connectivity index (χ3n) is 2.91. The number of benzene rings is 1. The highest BCUT2D eigenvalue weighted by molar-refractivity contribution is 6.31. The molecule has 1 fully saturated rings. The maximum atomic E-state index is 9.52. The van der Waals surface area contributed by atoms with Gasteiger partial charge in [-0.25, -0.2) is 0 Å². The molecule has 1 heterocycles. The third-order valence-corrected chi connectivity index (χ3v) is 3.24. The molecule has 0 radical (unpaired) electrons. The van der Waals surface area contributed by atoms with E-state index in [0.717, 1.165) is 25.9 Å². The van der Waals surface area contributed by atoms with Crippen molar-refractivity contribution in [3.8, 4) is 5.75 Å². The van der Waals surface area contributed by atoms with Crippen molar-refractivity contribution in [3.63, 3.8) is 0 Å². The fourth-order valence-corrected chi connectivity index (χ4v) is 2.20. The average molecular weight is 273 g/mol. The van der Waals surface area contributed by atoms with Crippen molar-refractivity contribution in [3.05, 3.63) is 28.8 Å². The molecule has 2 unspecified atom stereocenters. The molecule has 18 heavy (non-hydrogen) atoms. The minimum atomic E-state index is -0.961. The van der Waals surface area contributed by atoms with Gasteiger partial charge in [-0.1, -0.05) is 17.7 Å². The zero-order valence-electron chi connectivity index (χ0n) is 10.0. The predicted octanol–water partition coefficient (Wildman–Crippen LogP) is 2.27. The summed E-state index contributed by atoms with van der Waals surface area (Å²) in [4.78, 5) is 0. The lowest BCUT2D eigenvalue weighted by Gasteiger charge is -2.23. The summed E-state index contributed by atoms with van der Waals surface area (Å²) in [6.45, 7) is 0.366. The normalized spacial score (nSPS) is 21.6. The van der Waals surface area contributed by atoms with Crippen LogP contribution in [-0.4, -0.2) is 29.7 Å². The van der Waals surface area contributed by atoms with Gasteiger partial charge in [-0.3, -0.25) is 0 Å². The van der Waals surface area contributed by atoms with Crippen molar-refractivity contribution in [1.82, 2.24) is 0 Å². The zero-order valence-corrected chi connectivity index (χ0v) is 10.8. The van der Waals surface area contributed by atoms with Gasteiger partial charge in [-0.2, -0.15) is 0 Å². The standard InChI is InChI=1S/C13H17ClO4/c14-11-7-9(4-5-10(11)12(16)8-15)18-13-3-1-2-6-17-13/h4-5,7,12-13,15-16H,1-3,6,8H2. The van der Waals surface area contributed by atoms with Crippen LogP contribution in [0.5, 0.6) is 5.75 Å². The van der Waals surface area contributed by atoms with Gasteiger partial charge in [-0.15, -0.1) is 0 Å². The first kappa shape index (κ1) is 13.6. The van der Waals surface area contributed by atoms with Crippen molar-refractivity contribution in [2.75, 3.05) is 13.2 Å². The molecule has 1 aromatic carbocycles. The minimum Gasteiger partial charge on any atom is -0.465 e. The summed E-state index contributed by atoms with van der Waals surface area (Å²) < 4.78 is 11.1. The molecule has 0 saturated carbocycles. The lowest BCUT2D eigenvalue weighted by molar-refractivity contribution is -0.105. The van der Waals surface area contributed by atoms with E-state index < -0.39 is 6.10 Å². The van der Waals surface area contributed by atoms with Crippen LogP contribution in [-0.2, 0) is 4.74 Å². The monoisotopic (exact) mass is 272 g/mol. The number of hydrogen-bond acceptors (Lipinski definition) is 4. The fourth-order valence-electron chi connectivity index (χ4n) is 1.91. The number of halogens is 1. The molecular formula is C13H17ClO4. The van der Waals surface area contributed by atoms with Gasteiger partial charge >= 0.3 is 0 Å². The Hall–Kier alpha value is -0.810. The van der Waals surface area contributed by atoms with Crippen molar-refractivity contribution in [1.29, 1.82) is 0 Å². The van der Waals surface area contributed by atoms with E-state index >= 15 is 0 Å². The molecule has 5 heteroatoms. The van der Waals surface area contributed by atoms with E-state index in [2.05, 4.69) is 0 Å². The number of hydrogen-bond donors (Lipinski definition) is 2. The molecule has 2 rings (SSSR count). The van der Waals surface area contributed by atoms with Gasteiger partial charge in [0.1, 0.15) is 11.9 Å². The van der Waals surface area contributed by atoms with Crippen LogP contribution in [0.3, 0.4) is 0 Å². The first-order valence-corrected chi connectivity index (χ1v) is 6.45. The lowest BCUT2D eigenvalue weighted by atomic mass is 10.1. The molecule has 0 amide bonds. The van der Waals surface area contributed by atoms with Gasteiger partial charge in [0.25, 0.3) is 0 Å². The predicted molar refractivity (Wildman–Crippen MR) is 67.7 cm³/mol. The highest BCUT2D eigenvalue weighted by Gasteiger charge is 2.16. The number of ether oxygens (including phenoxy) is 2. The summed E-state index contributed by atoms with van der Waals surface area (Å²) in [6.07, 6.45) is 1.86. The Kier molecular flexibility index (Phi) is 4.83. The van der Waals surface area contributed by atoms with Crippen LogP contribution in [0.15, 0.2) is 18.2 Å². The summed E-state index contributed by atoms with van der Waals surface area (Å²) in [5, 5.41) is 18.8. The van der Waals surface area contributed by atoms with E-state index in [1.54, 1.807) is 18.2 Å². The lowest BCUT2D eigenvalue weighted by Crippen LogP contribution is -2.25. The smallest absolute Gasteiger partial charge is 0.199 e. The molecule has 100 valence electrons. The van der Waals surface area contributed by atoms with Crippen LogP contribution < -0.4 is 4.74 Å². The molecule has 2 atom stereocenters. The quantitative estimate of drug-likeness (QED) is 0.883. The van der Waals surface area contributed by atoms with Gasteiger partial charge < -0.3 is 19.7 Å². The van der Waals surface area contributed by atoms with E-state index in [9.17, 15) is 5.11 Å². The van der Waals surface area contributed by atoms with Gasteiger partial charge in [0, 0.05) is 12.0 Å². The van der Waals surface area contributed by atoms with Crippen molar-refractivity contribution in [2.45, 2.75) is 31.7 Å². The first-order chi connectivity index (χ1) is 8.70. The summed E-state index contributed by atoms with van der Waals surface area (Å²) >= 11 is 6.03. The molecule has 1 saturated heterocycles. The molecule has 1 aliphatic heterocycles. The van der Waals surface area contributed by atoms with Gasteiger partial charge in [0.15, 0.2) is 6.29 Å². The van der Waals surface area contributed by atoms with Crippen LogP contribution in [0.4, 0.5) is 0 Å². The first-order valence-electron chi connectivity index (χ1n) is 6.07. The fraction of sp³-hybridized carbons (Fsp3) is 0.538. The minimum absolute atomic E-state index is 0.219. The Morgan fingerprint density at radius 1 is 1.44 bits per heavy atom. The Bertz CT molecular complexity index is 391. The van der Waals surface area contributed by atoms with Crippen LogP contribution >= 0.6 is 11.6 Å². The zero-order chi connectivity index (χ0) is 13.0. The second-order valence-electron chi connectivity index (χ2n) is 4.30. The Labute approximate surface area is 111 Å². The summed E-state index contributed by atoms with van der Waals surface area (Å²) in [7, 11) is 0. The Morgan fingerprint density at radius 3 is 2.89 bits per heavy atom. The van der Waals surface area contributed by atoms with Crippen molar-refractivity contribution >= 4 is 11.6 Å². The van der Waals surface area contributed by atoms with Crippen molar-refractivity contribution in [2.24, 2.45) is 0 Å². The van der Waals surface area contributed by atoms with Gasteiger partial charge in [0.2, 0.25) is 0 Å². The van der Waals surface area contributed by atoms with E-state index in [0.29, 0.717) is 16.3 Å². The average Bonchev–Trinajstić information content (AvgIpc) is 2.39. The third kappa shape index (κ3) is 3.36. The number of aliphatic hydroxyl groups excluding tert-OH is 2. The topological polar surface area (TPSA) is 58.9 Å². The van der Waals surface area contributed by atoms with Gasteiger partial charge in [-0.05, 0) is 25.0 Å². The van der Waals surface area contributed by atoms with Crippen molar-refractivity contribution < 1.29 is 19.7 Å². The van der Waals surface area contributed by atoms with Crippen LogP contribution in [0.1, 0.15) is 30.9 Å². The second-order valence-corrected chi connectivity index (χ2v) is 4.70. The highest BCUT2D eigenvalue weighted by atomic mass is 35.5. The maximum Gasteiger partial charge on any atom is 0.199 e. The molecular weight excluding hydrogens is 256 g/mol. The van der Waals surface area contributed by atoms with Crippen LogP contribution in [0.2, 0.25) is 5.02 Å². The molecule has 0 bridgehead atoms. The molecule has 4 nitrogen and oxygen atoms in total. The van der Waals surface area contributed by atoms with E-state index in [4.69, 9.17) is 26.2 Å². The van der Waals surface area contributed by atoms with E-state index in [1.165, 1.54) is 0 Å². The molecule has 2 N–H and O–H groups in total. The SMILES string of the molecule is OCC(O)c1ccc(OC2CCCCO2)cc1Cl. The highest BCUT2D eigenvalue weighted by Crippen LogP contribution is 2.28. The van der Waals surface area contributed by atoms with Gasteiger partial charge in [0.05, 0.1) is 18.2 Å². The van der Waals surface area contributed by atoms with Crippen LogP contribution in [0.25, 0.3) is 0 Å². The Morgan fingerprint density at radius 2 is 2.28 bits per heavy atom. The molecule has 0 spiro atoms. The van der Waals surface area contributed by atoms with E-state index in [1.807, 2.05) is 0 Å². The molecule has 0 aromatic heterocycles. The van der Waals surface area contributed by atoms with E-state index in [-0.39, 0.29) is 12.9 Å². The summed E-state index contributed by atoms with van der Waals surface area (Å²) in [5.74, 6) is 0.612. The number of rotatable bonds is 4. The summed E-state index contributed by atoms with van der Waals surface area (Å²) in [6, 6.07) is 5.01. The Balaban J connectivity index is 2.03. The largest absolute Gasteiger partial charge is 0.465 e. The number of aliphatic hydroxyl groups is 2. The molecule has 0 aliphatic carbocycles. The van der Waals surface area contributed by atoms with Crippen LogP contribution in [0, 0.1) is 0 Å². The summed E-state index contributed by atoms with van der Waals surface area (Å²) in [5.41, 5.74) is 0.496.